The summed E-state index contributed by atoms with van der Waals surface area (Å²) >= 11 is 0. The number of benzene rings is 1. The van der Waals surface area contributed by atoms with Crippen molar-refractivity contribution in [1.82, 2.24) is 14.8 Å². The van der Waals surface area contributed by atoms with Crippen molar-refractivity contribution in [3.05, 3.63) is 70.6 Å². The Balaban J connectivity index is 1.47. The fourth-order valence-electron chi connectivity index (χ4n) is 3.29. The Kier molecular flexibility index (Phi) is 4.89. The first-order valence-electron chi connectivity index (χ1n) is 9.28. The lowest BCUT2D eigenvalue weighted by Crippen LogP contribution is -2.26. The second-order valence-corrected chi connectivity index (χ2v) is 6.84. The van der Waals surface area contributed by atoms with Gasteiger partial charge in [-0.3, -0.25) is 9.59 Å². The summed E-state index contributed by atoms with van der Waals surface area (Å²) in [5.74, 6) is 0.485. The lowest BCUT2D eigenvalue weighted by Gasteiger charge is -2.15. The molecule has 7 heteroatoms. The van der Waals surface area contributed by atoms with Crippen LogP contribution in [-0.4, -0.2) is 33.8 Å². The van der Waals surface area contributed by atoms with Gasteiger partial charge in [-0.2, -0.15) is 0 Å². The molecule has 28 heavy (non-hydrogen) atoms. The van der Waals surface area contributed by atoms with Crippen LogP contribution in [0, 0.1) is 0 Å². The molecule has 0 atom stereocenters. The summed E-state index contributed by atoms with van der Waals surface area (Å²) < 4.78 is 1.38. The first kappa shape index (κ1) is 17.9. The highest BCUT2D eigenvalue weighted by atomic mass is 16.2. The first-order valence-corrected chi connectivity index (χ1v) is 9.28. The number of carbonyl (C=O) groups excluding carboxylic acids is 1. The van der Waals surface area contributed by atoms with Crippen molar-refractivity contribution < 1.29 is 4.79 Å². The molecule has 0 saturated carbocycles. The van der Waals surface area contributed by atoms with Crippen LogP contribution in [0.15, 0.2) is 59.5 Å². The molecule has 1 N–H and O–H groups in total. The number of rotatable bonds is 4. The molecule has 3 heterocycles. The molecule has 4 rings (SSSR count). The van der Waals surface area contributed by atoms with Crippen LogP contribution in [0.4, 0.5) is 11.5 Å². The molecular weight excluding hydrogens is 354 g/mol. The fourth-order valence-corrected chi connectivity index (χ4v) is 3.29. The maximum Gasteiger partial charge on any atom is 0.263 e. The Morgan fingerprint density at radius 2 is 1.75 bits per heavy atom. The zero-order chi connectivity index (χ0) is 19.5. The Bertz CT molecular complexity index is 1040. The molecule has 2 aromatic heterocycles. The van der Waals surface area contributed by atoms with Gasteiger partial charge >= 0.3 is 0 Å². The molecule has 0 unspecified atom stereocenters. The summed E-state index contributed by atoms with van der Waals surface area (Å²) in [4.78, 5) is 26.6. The highest BCUT2D eigenvalue weighted by Gasteiger charge is 2.14. The van der Waals surface area contributed by atoms with E-state index < -0.39 is 5.91 Å². The number of hydrogen-bond acceptors (Lipinski definition) is 5. The van der Waals surface area contributed by atoms with Crippen LogP contribution in [-0.2, 0) is 7.05 Å². The van der Waals surface area contributed by atoms with Crippen molar-refractivity contribution in [3.63, 3.8) is 0 Å². The minimum atomic E-state index is -0.427. The Morgan fingerprint density at radius 1 is 1.00 bits per heavy atom. The van der Waals surface area contributed by atoms with Crippen molar-refractivity contribution in [2.75, 3.05) is 23.3 Å². The molecule has 142 valence electrons. The van der Waals surface area contributed by atoms with E-state index in [2.05, 4.69) is 20.4 Å². The lowest BCUT2D eigenvalue weighted by atomic mass is 10.1. The van der Waals surface area contributed by atoms with Gasteiger partial charge in [0.2, 0.25) is 0 Å². The molecule has 0 radical (unpaired) electrons. The summed E-state index contributed by atoms with van der Waals surface area (Å²) in [6.45, 7) is 2.07. The van der Waals surface area contributed by atoms with E-state index in [1.165, 1.54) is 23.5 Å². The van der Waals surface area contributed by atoms with Gasteiger partial charge in [0.15, 0.2) is 5.82 Å². The zero-order valence-electron chi connectivity index (χ0n) is 15.6. The number of amides is 1. The van der Waals surface area contributed by atoms with Crippen LogP contribution < -0.4 is 15.8 Å². The first-order chi connectivity index (χ1) is 13.6. The molecule has 3 aromatic rings. The summed E-state index contributed by atoms with van der Waals surface area (Å²) in [5.41, 5.74) is 2.08. The molecule has 1 saturated heterocycles. The normalized spacial score (nSPS) is 13.5. The Hall–Kier alpha value is -3.48. The predicted octanol–water partition coefficient (Wildman–Crippen LogP) is 2.69. The van der Waals surface area contributed by atoms with E-state index in [4.69, 9.17) is 0 Å². The highest BCUT2D eigenvalue weighted by molar-refractivity contribution is 6.04. The van der Waals surface area contributed by atoms with E-state index in [0.717, 1.165) is 30.2 Å². The lowest BCUT2D eigenvalue weighted by molar-refractivity contribution is 0.102. The Morgan fingerprint density at radius 3 is 2.43 bits per heavy atom. The van der Waals surface area contributed by atoms with E-state index in [1.807, 2.05) is 24.3 Å². The summed E-state index contributed by atoms with van der Waals surface area (Å²) in [5, 5.41) is 11.4. The smallest absolute Gasteiger partial charge is 0.263 e. The molecule has 0 aliphatic carbocycles. The third kappa shape index (κ3) is 3.64. The van der Waals surface area contributed by atoms with E-state index in [-0.39, 0.29) is 11.1 Å². The van der Waals surface area contributed by atoms with Crippen molar-refractivity contribution in [1.29, 1.82) is 0 Å². The summed E-state index contributed by atoms with van der Waals surface area (Å²) in [6, 6.07) is 14.5. The molecule has 7 nitrogen and oxygen atoms in total. The maximum atomic E-state index is 12.4. The zero-order valence-corrected chi connectivity index (χ0v) is 15.6. The summed E-state index contributed by atoms with van der Waals surface area (Å²) in [7, 11) is 1.62. The van der Waals surface area contributed by atoms with Crippen LogP contribution >= 0.6 is 0 Å². The molecule has 1 aromatic carbocycles. The van der Waals surface area contributed by atoms with Crippen LogP contribution in [0.25, 0.3) is 11.3 Å². The standard InChI is InChI=1S/C21H21N5O2/c1-25-12-4-5-17(21(25)28)20(27)22-16-8-6-15(7-9-16)18-10-11-19(24-23-18)26-13-2-3-14-26/h4-12H,2-3,13-14H2,1H3,(H,22,27). The van der Waals surface area contributed by atoms with Crippen molar-refractivity contribution in [2.24, 2.45) is 7.05 Å². The van der Waals surface area contributed by atoms with Gasteiger partial charge in [-0.15, -0.1) is 10.2 Å². The number of aryl methyl sites for hydroxylation is 1. The van der Waals surface area contributed by atoms with E-state index in [0.29, 0.717) is 5.69 Å². The van der Waals surface area contributed by atoms with Gasteiger partial charge in [-0.05, 0) is 49.2 Å². The number of nitrogens with one attached hydrogen (secondary N) is 1. The second kappa shape index (κ2) is 7.64. The molecule has 0 spiro atoms. The van der Waals surface area contributed by atoms with Crippen molar-refractivity contribution in [2.45, 2.75) is 12.8 Å². The Labute approximate surface area is 162 Å². The molecular formula is C21H21N5O2. The molecule has 1 fully saturated rings. The third-order valence-electron chi connectivity index (χ3n) is 4.89. The summed E-state index contributed by atoms with van der Waals surface area (Å²) in [6.07, 6.45) is 4.02. The molecule has 1 aliphatic heterocycles. The number of hydrogen-bond donors (Lipinski definition) is 1. The molecule has 0 bridgehead atoms. The highest BCUT2D eigenvalue weighted by Crippen LogP contribution is 2.22. The van der Waals surface area contributed by atoms with Crippen LogP contribution in [0.5, 0.6) is 0 Å². The largest absolute Gasteiger partial charge is 0.355 e. The maximum absolute atomic E-state index is 12.4. The van der Waals surface area contributed by atoms with Gasteiger partial charge in [0.05, 0.1) is 5.69 Å². The van der Waals surface area contributed by atoms with Crippen LogP contribution in [0.2, 0.25) is 0 Å². The number of carbonyl (C=O) groups is 1. The van der Waals surface area contributed by atoms with Crippen LogP contribution in [0.3, 0.4) is 0 Å². The van der Waals surface area contributed by atoms with Crippen LogP contribution in [0.1, 0.15) is 23.2 Å². The minimum Gasteiger partial charge on any atom is -0.355 e. The number of nitrogens with zero attached hydrogens (tertiary/aromatic N) is 4. The quantitative estimate of drug-likeness (QED) is 0.758. The van der Waals surface area contributed by atoms with Gasteiger partial charge in [0.1, 0.15) is 5.56 Å². The van der Waals surface area contributed by atoms with Gasteiger partial charge < -0.3 is 14.8 Å². The van der Waals surface area contributed by atoms with E-state index in [1.54, 1.807) is 31.4 Å². The monoisotopic (exact) mass is 375 g/mol. The number of anilines is 2. The average molecular weight is 375 g/mol. The third-order valence-corrected chi connectivity index (χ3v) is 4.89. The van der Waals surface area contributed by atoms with Gasteiger partial charge in [0.25, 0.3) is 11.5 Å². The van der Waals surface area contributed by atoms with Gasteiger partial charge in [0, 0.05) is 37.6 Å². The molecule has 1 aliphatic rings. The van der Waals surface area contributed by atoms with E-state index in [9.17, 15) is 9.59 Å². The fraction of sp³-hybridized carbons (Fsp3) is 0.238. The van der Waals surface area contributed by atoms with E-state index >= 15 is 0 Å². The topological polar surface area (TPSA) is 80.1 Å². The van der Waals surface area contributed by atoms with Crippen molar-refractivity contribution in [3.8, 4) is 11.3 Å². The minimum absolute atomic E-state index is 0.109. The average Bonchev–Trinajstić information content (AvgIpc) is 3.26. The van der Waals surface area contributed by atoms with Gasteiger partial charge in [-0.25, -0.2) is 0 Å². The second-order valence-electron chi connectivity index (χ2n) is 6.84. The number of aromatic nitrogens is 3. The van der Waals surface area contributed by atoms with Crippen molar-refractivity contribution >= 4 is 17.4 Å². The number of pyridine rings is 1. The SMILES string of the molecule is Cn1cccc(C(=O)Nc2ccc(-c3ccc(N4CCCC4)nn3)cc2)c1=O. The van der Waals surface area contributed by atoms with Gasteiger partial charge in [-0.1, -0.05) is 12.1 Å². The molecule has 1 amide bonds. The predicted molar refractivity (Wildman–Crippen MR) is 109 cm³/mol.